The van der Waals surface area contributed by atoms with Gasteiger partial charge in [-0.25, -0.2) is 0 Å². The molecule has 0 aliphatic carbocycles. The molecule has 3 aromatic carbocycles. The number of hydrogen-bond donors (Lipinski definition) is 0. The molecule has 1 nitrogen and oxygen atoms in total. The summed E-state index contributed by atoms with van der Waals surface area (Å²) < 4.78 is 0. The van der Waals surface area contributed by atoms with E-state index in [9.17, 15) is 4.79 Å². The lowest BCUT2D eigenvalue weighted by Crippen LogP contribution is -1.80. The number of hydrogen-bond acceptors (Lipinski definition) is 1. The second kappa shape index (κ2) is 5.54. The van der Waals surface area contributed by atoms with Gasteiger partial charge in [-0.2, -0.15) is 0 Å². The maximum absolute atomic E-state index is 10.8. The van der Waals surface area contributed by atoms with E-state index >= 15 is 0 Å². The number of benzene rings is 3. The Hall–Kier alpha value is -2.67. The number of carbonyl (C=O) groups excluding carboxylic acids is 1. The van der Waals surface area contributed by atoms with Gasteiger partial charge in [0.25, 0.3) is 0 Å². The van der Waals surface area contributed by atoms with Gasteiger partial charge in [0.1, 0.15) is 6.29 Å². The molecule has 0 saturated carbocycles. The van der Waals surface area contributed by atoms with Crippen LogP contribution in [0.1, 0.15) is 21.5 Å². The third-order valence-electron chi connectivity index (χ3n) is 3.33. The highest BCUT2D eigenvalue weighted by atomic mass is 16.1. The molecule has 0 radical (unpaired) electrons. The van der Waals surface area contributed by atoms with E-state index in [-0.39, 0.29) is 0 Å². The van der Waals surface area contributed by atoms with Crippen LogP contribution in [-0.2, 0) is 0 Å². The van der Waals surface area contributed by atoms with Crippen molar-refractivity contribution in [3.63, 3.8) is 0 Å². The van der Waals surface area contributed by atoms with Crippen molar-refractivity contribution < 1.29 is 4.79 Å². The molecule has 0 aromatic heterocycles. The van der Waals surface area contributed by atoms with E-state index in [0.29, 0.717) is 5.56 Å². The lowest BCUT2D eigenvalue weighted by Gasteiger charge is -2.02. The molecule has 96 valence electrons. The molecule has 0 amide bonds. The molecule has 0 N–H and O–H groups in total. The molecule has 3 rings (SSSR count). The van der Waals surface area contributed by atoms with E-state index in [1.165, 1.54) is 16.3 Å². The second-order valence-electron chi connectivity index (χ2n) is 4.69. The summed E-state index contributed by atoms with van der Waals surface area (Å²) in [5.41, 5.74) is 2.91. The first-order chi connectivity index (χ1) is 9.86. The molecule has 0 heterocycles. The predicted molar refractivity (Wildman–Crippen MR) is 84.7 cm³/mol. The quantitative estimate of drug-likeness (QED) is 0.486. The summed E-state index contributed by atoms with van der Waals surface area (Å²) in [5, 5.41) is 2.47. The molecule has 0 saturated heterocycles. The fourth-order valence-corrected chi connectivity index (χ4v) is 2.32. The molecule has 0 aliphatic rings. The van der Waals surface area contributed by atoms with Gasteiger partial charge in [0.05, 0.1) is 0 Å². The van der Waals surface area contributed by atoms with Crippen molar-refractivity contribution in [2.24, 2.45) is 0 Å². The number of aldehydes is 1. The van der Waals surface area contributed by atoms with Gasteiger partial charge in [0, 0.05) is 5.56 Å². The third-order valence-corrected chi connectivity index (χ3v) is 3.33. The predicted octanol–water partition coefficient (Wildman–Crippen LogP) is 4.82. The van der Waals surface area contributed by atoms with E-state index in [1.807, 2.05) is 42.5 Å². The Morgan fingerprint density at radius 1 is 0.700 bits per heavy atom. The zero-order valence-corrected chi connectivity index (χ0v) is 11.0. The summed E-state index contributed by atoms with van der Waals surface area (Å²) in [6, 6.07) is 22.2. The zero-order chi connectivity index (χ0) is 13.8. The van der Waals surface area contributed by atoms with Crippen molar-refractivity contribution in [3.05, 3.63) is 83.4 Å². The number of carbonyl (C=O) groups is 1. The Bertz CT molecular complexity index is 779. The average Bonchev–Trinajstić information content (AvgIpc) is 2.53. The Morgan fingerprint density at radius 3 is 2.35 bits per heavy atom. The molecule has 20 heavy (non-hydrogen) atoms. The molecule has 0 unspecified atom stereocenters. The highest BCUT2D eigenvalue weighted by molar-refractivity contribution is 5.93. The Labute approximate surface area is 118 Å². The first-order valence-corrected chi connectivity index (χ1v) is 6.58. The number of rotatable bonds is 3. The first kappa shape index (κ1) is 12.4. The molecular formula is C19H14O. The maximum atomic E-state index is 10.8. The monoisotopic (exact) mass is 258 g/mol. The Kier molecular flexibility index (Phi) is 3.42. The van der Waals surface area contributed by atoms with Crippen molar-refractivity contribution in [3.8, 4) is 0 Å². The van der Waals surface area contributed by atoms with Crippen molar-refractivity contribution in [2.45, 2.75) is 0 Å². The summed E-state index contributed by atoms with van der Waals surface area (Å²) in [5.74, 6) is 0. The minimum Gasteiger partial charge on any atom is -0.298 e. The van der Waals surface area contributed by atoms with Crippen LogP contribution >= 0.6 is 0 Å². The topological polar surface area (TPSA) is 17.1 Å². The minimum absolute atomic E-state index is 0.699. The van der Waals surface area contributed by atoms with Gasteiger partial charge in [0.2, 0.25) is 0 Å². The lowest BCUT2D eigenvalue weighted by molar-refractivity contribution is 0.112. The molecule has 0 aliphatic heterocycles. The zero-order valence-electron chi connectivity index (χ0n) is 11.0. The normalized spacial score (nSPS) is 11.0. The minimum atomic E-state index is 0.699. The second-order valence-corrected chi connectivity index (χ2v) is 4.69. The summed E-state index contributed by atoms with van der Waals surface area (Å²) in [4.78, 5) is 10.8. The molecule has 3 aromatic rings. The van der Waals surface area contributed by atoms with E-state index in [2.05, 4.69) is 36.4 Å². The Balaban J connectivity index is 2.00. The van der Waals surface area contributed by atoms with Gasteiger partial charge in [-0.1, -0.05) is 72.8 Å². The lowest BCUT2D eigenvalue weighted by atomic mass is 10.0. The van der Waals surface area contributed by atoms with Crippen LogP contribution in [0.5, 0.6) is 0 Å². The van der Waals surface area contributed by atoms with E-state index in [0.717, 1.165) is 11.8 Å². The molecule has 1 heteroatoms. The molecule has 0 spiro atoms. The van der Waals surface area contributed by atoms with Gasteiger partial charge >= 0.3 is 0 Å². The highest BCUT2D eigenvalue weighted by Crippen LogP contribution is 2.20. The van der Waals surface area contributed by atoms with Crippen LogP contribution in [0.3, 0.4) is 0 Å². The fourth-order valence-electron chi connectivity index (χ4n) is 2.32. The summed E-state index contributed by atoms with van der Waals surface area (Å²) in [6.45, 7) is 0. The molecule has 0 bridgehead atoms. The summed E-state index contributed by atoms with van der Waals surface area (Å²) >= 11 is 0. The molecular weight excluding hydrogens is 244 g/mol. The van der Waals surface area contributed by atoms with E-state index < -0.39 is 0 Å². The average molecular weight is 258 g/mol. The fraction of sp³-hybridized carbons (Fsp3) is 0. The van der Waals surface area contributed by atoms with Crippen molar-refractivity contribution >= 4 is 29.2 Å². The van der Waals surface area contributed by atoms with Crippen LogP contribution in [-0.4, -0.2) is 6.29 Å². The van der Waals surface area contributed by atoms with E-state index in [1.54, 1.807) is 0 Å². The third kappa shape index (κ3) is 2.52. The van der Waals surface area contributed by atoms with Crippen LogP contribution in [0.25, 0.3) is 22.9 Å². The van der Waals surface area contributed by atoms with Gasteiger partial charge in [-0.3, -0.25) is 4.79 Å². The van der Waals surface area contributed by atoms with Crippen molar-refractivity contribution in [2.75, 3.05) is 0 Å². The van der Waals surface area contributed by atoms with Gasteiger partial charge in [0.15, 0.2) is 0 Å². The Morgan fingerprint density at radius 2 is 1.45 bits per heavy atom. The molecule has 0 atom stereocenters. The summed E-state index contributed by atoms with van der Waals surface area (Å²) in [6.07, 6.45) is 5.00. The van der Waals surface area contributed by atoms with E-state index in [4.69, 9.17) is 0 Å². The number of fused-ring (bicyclic) bond motifs is 1. The summed E-state index contributed by atoms with van der Waals surface area (Å²) in [7, 11) is 0. The van der Waals surface area contributed by atoms with Gasteiger partial charge in [-0.05, 0) is 28.0 Å². The van der Waals surface area contributed by atoms with Crippen LogP contribution < -0.4 is 0 Å². The smallest absolute Gasteiger partial charge is 0.150 e. The SMILES string of the molecule is O=Cc1cccc(/C=C/c2cccc3ccccc23)c1. The molecule has 0 fully saturated rings. The van der Waals surface area contributed by atoms with Crippen LogP contribution in [0.4, 0.5) is 0 Å². The van der Waals surface area contributed by atoms with Crippen molar-refractivity contribution in [1.82, 2.24) is 0 Å². The van der Waals surface area contributed by atoms with Gasteiger partial charge < -0.3 is 0 Å². The van der Waals surface area contributed by atoms with Crippen LogP contribution in [0, 0.1) is 0 Å². The standard InChI is InChI=1S/C19H14O/c20-14-16-6-3-5-15(13-16)11-12-18-9-4-8-17-7-1-2-10-19(17)18/h1-14H/b12-11+. The highest BCUT2D eigenvalue weighted by Gasteiger charge is 1.96. The van der Waals surface area contributed by atoms with Crippen LogP contribution in [0.15, 0.2) is 66.7 Å². The first-order valence-electron chi connectivity index (χ1n) is 6.58. The maximum Gasteiger partial charge on any atom is 0.150 e. The largest absolute Gasteiger partial charge is 0.298 e. The van der Waals surface area contributed by atoms with Crippen LogP contribution in [0.2, 0.25) is 0 Å². The van der Waals surface area contributed by atoms with Crippen molar-refractivity contribution in [1.29, 1.82) is 0 Å². The van der Waals surface area contributed by atoms with Gasteiger partial charge in [-0.15, -0.1) is 0 Å².